The monoisotopic (exact) mass is 376 g/mol. The van der Waals surface area contributed by atoms with Gasteiger partial charge >= 0.3 is 0 Å². The number of nitrogens with two attached hydrogens (primary N) is 1. The minimum Gasteiger partial charge on any atom is -0.349 e. The first kappa shape index (κ1) is 22.9. The van der Waals surface area contributed by atoms with Gasteiger partial charge in [0.2, 0.25) is 5.91 Å². The lowest BCUT2D eigenvalue weighted by Gasteiger charge is -2.33. The Kier molecular flexibility index (Phi) is 9.55. The molecule has 1 aromatic carbocycles. The summed E-state index contributed by atoms with van der Waals surface area (Å²) in [4.78, 5) is 12.0. The number of aryl methyl sites for hydroxylation is 1. The van der Waals surface area contributed by atoms with Gasteiger partial charge in [0.25, 0.3) is 0 Å². The van der Waals surface area contributed by atoms with E-state index in [0.29, 0.717) is 12.8 Å². The van der Waals surface area contributed by atoms with E-state index >= 15 is 0 Å². The van der Waals surface area contributed by atoms with Gasteiger partial charge in [0.1, 0.15) is 5.75 Å². The quantitative estimate of drug-likeness (QED) is 0.689. The smallest absolute Gasteiger partial charge is 0.235 e. The molecule has 24 heavy (non-hydrogen) atoms. The Labute approximate surface area is 151 Å². The third-order valence-corrected chi connectivity index (χ3v) is 5.85. The molecule has 0 aliphatic carbocycles. The third kappa shape index (κ3) is 7.64. The Morgan fingerprint density at radius 1 is 1.25 bits per heavy atom. The van der Waals surface area contributed by atoms with Crippen LogP contribution in [0.2, 0.25) is 0 Å². The zero-order valence-corrected chi connectivity index (χ0v) is 16.3. The van der Waals surface area contributed by atoms with Crippen LogP contribution < -0.4 is 11.1 Å². The number of amides is 1. The lowest BCUT2D eigenvalue weighted by Crippen LogP contribution is -2.56. The van der Waals surface area contributed by atoms with Crippen molar-refractivity contribution in [3.05, 3.63) is 35.9 Å². The van der Waals surface area contributed by atoms with Gasteiger partial charge in [-0.3, -0.25) is 4.79 Å². The van der Waals surface area contributed by atoms with Gasteiger partial charge < -0.3 is 11.1 Å². The lowest BCUT2D eigenvalue weighted by atomic mass is 9.88. The summed E-state index contributed by atoms with van der Waals surface area (Å²) >= 11 is 0. The van der Waals surface area contributed by atoms with E-state index in [1.54, 1.807) is 0 Å². The highest BCUT2D eigenvalue weighted by Crippen LogP contribution is 2.14. The van der Waals surface area contributed by atoms with Gasteiger partial charge in [0, 0.05) is 6.54 Å². The molecule has 0 aliphatic heterocycles. The molecule has 0 aromatic heterocycles. The van der Waals surface area contributed by atoms with E-state index in [2.05, 4.69) is 5.32 Å². The van der Waals surface area contributed by atoms with Crippen molar-refractivity contribution >= 4 is 28.2 Å². The van der Waals surface area contributed by atoms with E-state index in [1.165, 1.54) is 0 Å². The van der Waals surface area contributed by atoms with E-state index in [4.69, 9.17) is 5.73 Å². The van der Waals surface area contributed by atoms with Crippen LogP contribution in [0, 0.1) is 5.92 Å². The summed E-state index contributed by atoms with van der Waals surface area (Å²) in [6.45, 7) is 5.99. The summed E-state index contributed by atoms with van der Waals surface area (Å²) in [5.41, 5.74) is 6.21. The van der Waals surface area contributed by atoms with E-state index in [0.717, 1.165) is 5.56 Å². The molecule has 138 valence electrons. The van der Waals surface area contributed by atoms with E-state index in [1.807, 2.05) is 51.1 Å². The number of carbonyl (C=O) groups excluding carboxylic acids is 1. The molecule has 5 nitrogen and oxygen atoms in total. The summed E-state index contributed by atoms with van der Waals surface area (Å²) in [7, 11) is -3.41. The number of rotatable bonds is 9. The molecule has 0 spiro atoms. The second kappa shape index (κ2) is 10.0. The maximum Gasteiger partial charge on any atom is 0.235 e. The summed E-state index contributed by atoms with van der Waals surface area (Å²) in [6, 6.07) is 9.71. The van der Waals surface area contributed by atoms with Crippen LogP contribution in [0.4, 0.5) is 0 Å². The van der Waals surface area contributed by atoms with Gasteiger partial charge in [-0.05, 0) is 31.2 Å². The van der Waals surface area contributed by atoms with Crippen LogP contribution in [0.15, 0.2) is 30.3 Å². The largest absolute Gasteiger partial charge is 0.349 e. The Bertz CT molecular complexity index is 606. The predicted molar refractivity (Wildman–Crippen MR) is 101 cm³/mol. The Morgan fingerprint density at radius 3 is 2.33 bits per heavy atom. The fourth-order valence-electron chi connectivity index (χ4n) is 2.20. The van der Waals surface area contributed by atoms with Gasteiger partial charge in [0.15, 0.2) is 9.84 Å². The van der Waals surface area contributed by atoms with Crippen LogP contribution in [0.25, 0.3) is 0 Å². The fourth-order valence-corrected chi connectivity index (χ4v) is 3.40. The Hall–Kier alpha value is -1.11. The Morgan fingerprint density at radius 2 is 1.83 bits per heavy atom. The Balaban J connectivity index is 0.00000529. The van der Waals surface area contributed by atoms with Crippen molar-refractivity contribution in [1.82, 2.24) is 5.32 Å². The fraction of sp³-hybridized carbons (Fsp3) is 0.588. The summed E-state index contributed by atoms with van der Waals surface area (Å²) in [6.07, 6.45) is 1.20. The third-order valence-electron chi connectivity index (χ3n) is 4.24. The summed E-state index contributed by atoms with van der Waals surface area (Å²) in [5.74, 6) is -0.830. The number of halogens is 1. The van der Waals surface area contributed by atoms with Crippen LogP contribution in [0.3, 0.4) is 0 Å². The van der Waals surface area contributed by atoms with Crippen molar-refractivity contribution in [1.29, 1.82) is 0 Å². The minimum atomic E-state index is -3.41. The van der Waals surface area contributed by atoms with Crippen molar-refractivity contribution in [2.75, 3.05) is 18.1 Å². The maximum absolute atomic E-state index is 12.1. The van der Waals surface area contributed by atoms with E-state index < -0.39 is 27.0 Å². The number of hydrogen-bond donors (Lipinski definition) is 2. The van der Waals surface area contributed by atoms with Crippen molar-refractivity contribution < 1.29 is 13.2 Å². The number of carbonyl (C=O) groups is 1. The molecular formula is C17H29ClN2O3S. The molecule has 0 saturated heterocycles. The first-order chi connectivity index (χ1) is 10.7. The van der Waals surface area contributed by atoms with Crippen LogP contribution in [0.1, 0.15) is 32.8 Å². The molecule has 1 atom stereocenters. The average Bonchev–Trinajstić information content (AvgIpc) is 2.47. The van der Waals surface area contributed by atoms with Crippen molar-refractivity contribution in [3.63, 3.8) is 0 Å². The number of hydrogen-bond acceptors (Lipinski definition) is 4. The number of sulfone groups is 1. The molecule has 0 heterocycles. The van der Waals surface area contributed by atoms with Gasteiger partial charge in [-0.15, -0.1) is 12.4 Å². The first-order valence-electron chi connectivity index (χ1n) is 7.94. The van der Waals surface area contributed by atoms with Crippen molar-refractivity contribution in [2.24, 2.45) is 11.7 Å². The van der Waals surface area contributed by atoms with Gasteiger partial charge in [-0.1, -0.05) is 44.2 Å². The van der Waals surface area contributed by atoms with Gasteiger partial charge in [-0.25, -0.2) is 8.42 Å². The molecule has 7 heteroatoms. The van der Waals surface area contributed by atoms with Gasteiger partial charge in [0.05, 0.1) is 11.3 Å². The van der Waals surface area contributed by atoms with E-state index in [-0.39, 0.29) is 30.6 Å². The highest BCUT2D eigenvalue weighted by Gasteiger charge is 2.30. The van der Waals surface area contributed by atoms with Crippen molar-refractivity contribution in [3.8, 4) is 0 Å². The normalized spacial score (nSPS) is 13.9. The van der Waals surface area contributed by atoms with Crippen LogP contribution in [0.5, 0.6) is 0 Å². The second-order valence-electron chi connectivity index (χ2n) is 6.51. The molecule has 0 fully saturated rings. The summed E-state index contributed by atoms with van der Waals surface area (Å²) in [5, 5.41) is 2.76. The highest BCUT2D eigenvalue weighted by molar-refractivity contribution is 7.92. The summed E-state index contributed by atoms with van der Waals surface area (Å²) < 4.78 is 24.2. The van der Waals surface area contributed by atoms with Crippen LogP contribution in [-0.4, -0.2) is 37.9 Å². The van der Waals surface area contributed by atoms with Crippen molar-refractivity contribution in [2.45, 2.75) is 39.2 Å². The highest BCUT2D eigenvalue weighted by atomic mass is 35.5. The van der Waals surface area contributed by atoms with Crippen LogP contribution >= 0.6 is 12.4 Å². The molecule has 0 aliphatic rings. The number of benzene rings is 1. The molecule has 0 saturated carbocycles. The van der Waals surface area contributed by atoms with E-state index in [9.17, 15) is 13.2 Å². The number of nitrogens with one attached hydrogen (secondary N) is 1. The SMILES string of the molecule is CC(C)C(C)(CN)NC(=O)CS(=O)(=O)CCCc1ccccc1.Cl. The average molecular weight is 377 g/mol. The van der Waals surface area contributed by atoms with Crippen LogP contribution in [-0.2, 0) is 21.1 Å². The maximum atomic E-state index is 12.1. The first-order valence-corrected chi connectivity index (χ1v) is 9.76. The molecule has 3 N–H and O–H groups in total. The molecular weight excluding hydrogens is 348 g/mol. The zero-order valence-electron chi connectivity index (χ0n) is 14.6. The zero-order chi connectivity index (χ0) is 17.5. The molecule has 1 amide bonds. The topological polar surface area (TPSA) is 89.3 Å². The molecule has 0 bridgehead atoms. The lowest BCUT2D eigenvalue weighted by molar-refractivity contribution is -0.120. The second-order valence-corrected chi connectivity index (χ2v) is 8.69. The molecule has 1 unspecified atom stereocenters. The minimum absolute atomic E-state index is 0. The predicted octanol–water partition coefficient (Wildman–Crippen LogP) is 1.95. The van der Waals surface area contributed by atoms with Gasteiger partial charge in [-0.2, -0.15) is 0 Å². The molecule has 1 aromatic rings. The molecule has 1 rings (SSSR count). The standard InChI is InChI=1S/C17H28N2O3S.ClH/c1-14(2)17(3,13-18)19-16(20)12-23(21,22)11-7-10-15-8-5-4-6-9-15;/h4-6,8-9,14H,7,10-13,18H2,1-3H3,(H,19,20);1H. The molecule has 0 radical (unpaired) electrons.